The van der Waals surface area contributed by atoms with Crippen LogP contribution in [-0.4, -0.2) is 11.1 Å². The summed E-state index contributed by atoms with van der Waals surface area (Å²) in [5.41, 5.74) is -0.427. The van der Waals surface area contributed by atoms with E-state index in [4.69, 9.17) is 5.11 Å². The molecule has 0 saturated carbocycles. The van der Waals surface area contributed by atoms with Crippen molar-refractivity contribution in [2.75, 3.05) is 5.32 Å². The second-order valence-corrected chi connectivity index (χ2v) is 4.05. The third-order valence-electron chi connectivity index (χ3n) is 2.73. The molecule has 2 N–H and O–H groups in total. The van der Waals surface area contributed by atoms with E-state index in [0.717, 1.165) is 24.3 Å². The summed E-state index contributed by atoms with van der Waals surface area (Å²) in [5, 5.41) is 11.4. The van der Waals surface area contributed by atoms with Gasteiger partial charge in [-0.25, -0.2) is 18.0 Å². The minimum absolute atomic E-state index is 0.173. The van der Waals surface area contributed by atoms with Crippen LogP contribution in [0.2, 0.25) is 0 Å². The summed E-state index contributed by atoms with van der Waals surface area (Å²) in [4.78, 5) is 10.8. The molecule has 0 heterocycles. The van der Waals surface area contributed by atoms with Gasteiger partial charge in [0.05, 0.1) is 5.56 Å². The molecule has 20 heavy (non-hydrogen) atoms. The summed E-state index contributed by atoms with van der Waals surface area (Å²) in [6.07, 6.45) is 0. The normalized spacial score (nSPS) is 10.3. The molecule has 0 amide bonds. The van der Waals surface area contributed by atoms with E-state index in [1.807, 2.05) is 0 Å². The molecular weight excluding hydrogens is 271 g/mol. The fourth-order valence-corrected chi connectivity index (χ4v) is 1.69. The zero-order valence-electron chi connectivity index (χ0n) is 10.2. The quantitative estimate of drug-likeness (QED) is 0.902. The zero-order chi connectivity index (χ0) is 14.7. The first-order chi connectivity index (χ1) is 9.49. The van der Waals surface area contributed by atoms with Gasteiger partial charge in [0.15, 0.2) is 0 Å². The molecule has 104 valence electrons. The van der Waals surface area contributed by atoms with Crippen molar-refractivity contribution in [2.45, 2.75) is 6.54 Å². The summed E-state index contributed by atoms with van der Waals surface area (Å²) in [6.45, 7) is -0.177. The van der Waals surface area contributed by atoms with Crippen LogP contribution in [0, 0.1) is 17.5 Å². The fraction of sp³-hybridized carbons (Fsp3) is 0.0714. The van der Waals surface area contributed by atoms with Gasteiger partial charge in [-0.1, -0.05) is 6.07 Å². The molecule has 0 atom stereocenters. The molecule has 3 nitrogen and oxygen atoms in total. The van der Waals surface area contributed by atoms with Gasteiger partial charge in [-0.15, -0.1) is 0 Å². The summed E-state index contributed by atoms with van der Waals surface area (Å²) in [5.74, 6) is -3.71. The number of nitrogens with one attached hydrogen (secondary N) is 1. The number of rotatable bonds is 4. The Bertz CT molecular complexity index is 639. The monoisotopic (exact) mass is 281 g/mol. The summed E-state index contributed by atoms with van der Waals surface area (Å²) < 4.78 is 40.0. The van der Waals surface area contributed by atoms with Gasteiger partial charge in [-0.2, -0.15) is 0 Å². The van der Waals surface area contributed by atoms with Crippen molar-refractivity contribution in [3.8, 4) is 0 Å². The summed E-state index contributed by atoms with van der Waals surface area (Å²) in [6, 6.07) is 6.82. The van der Waals surface area contributed by atoms with Crippen LogP contribution in [0.25, 0.3) is 0 Å². The Kier molecular flexibility index (Phi) is 3.93. The lowest BCUT2D eigenvalue weighted by atomic mass is 10.1. The lowest BCUT2D eigenvalue weighted by molar-refractivity contribution is 0.0692. The minimum atomic E-state index is -1.41. The van der Waals surface area contributed by atoms with E-state index in [0.29, 0.717) is 0 Å². The van der Waals surface area contributed by atoms with E-state index in [2.05, 4.69) is 5.32 Å². The standard InChI is InChI=1S/C14H10F3NO2/c15-11-2-1-3-12(16)10(11)7-18-8-4-5-13(17)9(6-8)14(19)20/h1-6,18H,7H2,(H,19,20). The second kappa shape index (κ2) is 5.64. The maximum atomic E-state index is 13.4. The highest BCUT2D eigenvalue weighted by molar-refractivity contribution is 5.89. The highest BCUT2D eigenvalue weighted by Crippen LogP contribution is 2.18. The SMILES string of the molecule is O=C(O)c1cc(NCc2c(F)cccc2F)ccc1F. The molecule has 0 aromatic heterocycles. The molecule has 2 rings (SSSR count). The largest absolute Gasteiger partial charge is 0.478 e. The van der Waals surface area contributed by atoms with Crippen molar-refractivity contribution < 1.29 is 23.1 Å². The van der Waals surface area contributed by atoms with Crippen LogP contribution in [-0.2, 0) is 6.54 Å². The average Bonchev–Trinajstić information content (AvgIpc) is 2.39. The molecule has 0 bridgehead atoms. The molecule has 0 aliphatic rings. The molecular formula is C14H10F3NO2. The predicted octanol–water partition coefficient (Wildman–Crippen LogP) is 3.41. The number of benzene rings is 2. The third kappa shape index (κ3) is 2.90. The molecule has 2 aromatic rings. The molecule has 2 aromatic carbocycles. The van der Waals surface area contributed by atoms with Crippen LogP contribution in [0.4, 0.5) is 18.9 Å². The van der Waals surface area contributed by atoms with Gasteiger partial charge in [0, 0.05) is 17.8 Å². The Morgan fingerprint density at radius 3 is 2.30 bits per heavy atom. The van der Waals surface area contributed by atoms with Gasteiger partial charge >= 0.3 is 5.97 Å². The number of hydrogen-bond acceptors (Lipinski definition) is 2. The van der Waals surface area contributed by atoms with Crippen molar-refractivity contribution in [3.63, 3.8) is 0 Å². The van der Waals surface area contributed by atoms with Crippen LogP contribution in [0.1, 0.15) is 15.9 Å². The van der Waals surface area contributed by atoms with E-state index >= 15 is 0 Å². The number of carboxylic acid groups (broad SMARTS) is 1. The fourth-order valence-electron chi connectivity index (χ4n) is 1.69. The summed E-state index contributed by atoms with van der Waals surface area (Å²) in [7, 11) is 0. The number of carboxylic acids is 1. The van der Waals surface area contributed by atoms with Crippen LogP contribution >= 0.6 is 0 Å². The first kappa shape index (κ1) is 13.9. The zero-order valence-corrected chi connectivity index (χ0v) is 10.2. The van der Waals surface area contributed by atoms with Crippen molar-refractivity contribution in [2.24, 2.45) is 0 Å². The predicted molar refractivity (Wildman–Crippen MR) is 67.0 cm³/mol. The van der Waals surface area contributed by atoms with Crippen molar-refractivity contribution >= 4 is 11.7 Å². The van der Waals surface area contributed by atoms with E-state index < -0.39 is 29.0 Å². The van der Waals surface area contributed by atoms with Crippen LogP contribution in [0.3, 0.4) is 0 Å². The molecule has 0 spiro atoms. The van der Waals surface area contributed by atoms with E-state index in [9.17, 15) is 18.0 Å². The Morgan fingerprint density at radius 1 is 1.05 bits per heavy atom. The number of hydrogen-bond donors (Lipinski definition) is 2. The van der Waals surface area contributed by atoms with Gasteiger partial charge in [0.1, 0.15) is 17.5 Å². The Morgan fingerprint density at radius 2 is 1.70 bits per heavy atom. The van der Waals surface area contributed by atoms with E-state index in [-0.39, 0.29) is 17.8 Å². The highest BCUT2D eigenvalue weighted by Gasteiger charge is 2.12. The van der Waals surface area contributed by atoms with Crippen molar-refractivity contribution in [1.82, 2.24) is 0 Å². The maximum absolute atomic E-state index is 13.4. The lowest BCUT2D eigenvalue weighted by Gasteiger charge is -2.09. The number of halogens is 3. The van der Waals surface area contributed by atoms with Gasteiger partial charge in [-0.3, -0.25) is 0 Å². The van der Waals surface area contributed by atoms with Crippen LogP contribution in [0.15, 0.2) is 36.4 Å². The smallest absolute Gasteiger partial charge is 0.338 e. The lowest BCUT2D eigenvalue weighted by Crippen LogP contribution is -2.06. The van der Waals surface area contributed by atoms with Gasteiger partial charge in [0.2, 0.25) is 0 Å². The van der Waals surface area contributed by atoms with Gasteiger partial charge in [-0.05, 0) is 30.3 Å². The van der Waals surface area contributed by atoms with Crippen LogP contribution < -0.4 is 5.32 Å². The second-order valence-electron chi connectivity index (χ2n) is 4.05. The average molecular weight is 281 g/mol. The van der Waals surface area contributed by atoms with E-state index in [1.54, 1.807) is 0 Å². The van der Waals surface area contributed by atoms with Gasteiger partial charge < -0.3 is 10.4 Å². The minimum Gasteiger partial charge on any atom is -0.478 e. The topological polar surface area (TPSA) is 49.3 Å². The molecule has 6 heteroatoms. The van der Waals surface area contributed by atoms with E-state index in [1.165, 1.54) is 12.1 Å². The Balaban J connectivity index is 2.19. The molecule has 0 unspecified atom stereocenters. The third-order valence-corrected chi connectivity index (χ3v) is 2.73. The van der Waals surface area contributed by atoms with Crippen molar-refractivity contribution in [1.29, 1.82) is 0 Å². The van der Waals surface area contributed by atoms with Crippen LogP contribution in [0.5, 0.6) is 0 Å². The number of aromatic carboxylic acids is 1. The highest BCUT2D eigenvalue weighted by atomic mass is 19.1. The Labute approximate surface area is 112 Å². The Hall–Kier alpha value is -2.50. The number of carbonyl (C=O) groups is 1. The molecule has 0 aliphatic heterocycles. The van der Waals surface area contributed by atoms with Crippen molar-refractivity contribution in [3.05, 3.63) is 65.0 Å². The maximum Gasteiger partial charge on any atom is 0.338 e. The molecule has 0 fully saturated rings. The van der Waals surface area contributed by atoms with Gasteiger partial charge in [0.25, 0.3) is 0 Å². The first-order valence-corrected chi connectivity index (χ1v) is 5.68. The summed E-state index contributed by atoms with van der Waals surface area (Å²) >= 11 is 0. The first-order valence-electron chi connectivity index (χ1n) is 5.68. The molecule has 0 aliphatic carbocycles. The number of anilines is 1. The molecule has 0 saturated heterocycles. The molecule has 0 radical (unpaired) electrons.